The Bertz CT molecular complexity index is 905. The van der Waals surface area contributed by atoms with Gasteiger partial charge in [-0.25, -0.2) is 15.0 Å². The van der Waals surface area contributed by atoms with Crippen LogP contribution in [-0.2, 0) is 6.54 Å². The molecule has 0 aliphatic rings. The molecule has 0 unspecified atom stereocenters. The second kappa shape index (κ2) is 9.18. The van der Waals surface area contributed by atoms with Gasteiger partial charge in [0.25, 0.3) is 0 Å². The quantitative estimate of drug-likeness (QED) is 0.503. The van der Waals surface area contributed by atoms with Crippen molar-refractivity contribution in [2.75, 3.05) is 36.5 Å². The van der Waals surface area contributed by atoms with Gasteiger partial charge in [0.05, 0.1) is 6.61 Å². The highest BCUT2D eigenvalue weighted by Gasteiger charge is 2.21. The van der Waals surface area contributed by atoms with E-state index in [1.807, 2.05) is 29.2 Å². The zero-order valence-corrected chi connectivity index (χ0v) is 16.9. The first kappa shape index (κ1) is 20.3. The zero-order chi connectivity index (χ0) is 20.1. The Hall–Kier alpha value is -2.42. The Morgan fingerprint density at radius 1 is 1.21 bits per heavy atom. The van der Waals surface area contributed by atoms with E-state index in [9.17, 15) is 5.11 Å². The minimum Gasteiger partial charge on any atom is -0.395 e. The number of imidazole rings is 1. The third-order valence-corrected chi connectivity index (χ3v) is 4.65. The second-order valence-corrected chi connectivity index (χ2v) is 7.19. The van der Waals surface area contributed by atoms with Crippen molar-refractivity contribution < 1.29 is 5.11 Å². The summed E-state index contributed by atoms with van der Waals surface area (Å²) in [6, 6.07) is 7.79. The number of nitrogens with one attached hydrogen (secondary N) is 1. The molecule has 150 valence electrons. The van der Waals surface area contributed by atoms with Gasteiger partial charge in [0, 0.05) is 37.2 Å². The maximum atomic E-state index is 9.44. The highest BCUT2D eigenvalue weighted by Crippen LogP contribution is 2.28. The van der Waals surface area contributed by atoms with Crippen LogP contribution in [0.4, 0.5) is 11.8 Å². The molecule has 0 radical (unpaired) electrons. The SMILES string of the molecule is CC(C)n1c(N(CCN)CCO)nc2c(NCc3ccc(Cl)cc3)ncnc21. The molecule has 4 N–H and O–H groups in total. The number of hydrogen-bond donors (Lipinski definition) is 3. The van der Waals surface area contributed by atoms with Gasteiger partial charge in [0.1, 0.15) is 6.33 Å². The predicted molar refractivity (Wildman–Crippen MR) is 113 cm³/mol. The van der Waals surface area contributed by atoms with E-state index in [4.69, 9.17) is 22.3 Å². The topological polar surface area (TPSA) is 105 Å². The maximum absolute atomic E-state index is 9.44. The molecule has 0 saturated heterocycles. The lowest BCUT2D eigenvalue weighted by molar-refractivity contribution is 0.301. The molecule has 9 heteroatoms. The smallest absolute Gasteiger partial charge is 0.208 e. The van der Waals surface area contributed by atoms with Crippen LogP contribution in [0.15, 0.2) is 30.6 Å². The molecule has 0 spiro atoms. The lowest BCUT2D eigenvalue weighted by Gasteiger charge is -2.24. The minimum atomic E-state index is 0.0225. The summed E-state index contributed by atoms with van der Waals surface area (Å²) in [6.45, 7) is 6.28. The number of halogens is 1. The van der Waals surface area contributed by atoms with Crippen molar-refractivity contribution >= 4 is 34.5 Å². The molecule has 2 aromatic heterocycles. The van der Waals surface area contributed by atoms with Gasteiger partial charge in [0.2, 0.25) is 5.95 Å². The van der Waals surface area contributed by atoms with E-state index in [0.29, 0.717) is 42.5 Å². The van der Waals surface area contributed by atoms with Gasteiger partial charge >= 0.3 is 0 Å². The third-order valence-electron chi connectivity index (χ3n) is 4.40. The van der Waals surface area contributed by atoms with E-state index in [2.05, 4.69) is 33.7 Å². The van der Waals surface area contributed by atoms with Crippen molar-refractivity contribution in [2.24, 2.45) is 5.73 Å². The number of nitrogens with zero attached hydrogens (tertiary/aromatic N) is 5. The summed E-state index contributed by atoms with van der Waals surface area (Å²) in [5.74, 6) is 1.40. The first-order valence-corrected chi connectivity index (χ1v) is 9.70. The molecule has 8 nitrogen and oxygen atoms in total. The van der Waals surface area contributed by atoms with Crippen molar-refractivity contribution in [3.05, 3.63) is 41.2 Å². The molecule has 0 saturated carbocycles. The fourth-order valence-corrected chi connectivity index (χ4v) is 3.23. The number of nitrogens with two attached hydrogens (primary N) is 1. The van der Waals surface area contributed by atoms with Crippen LogP contribution in [0.25, 0.3) is 11.2 Å². The second-order valence-electron chi connectivity index (χ2n) is 6.75. The molecule has 0 fully saturated rings. The van der Waals surface area contributed by atoms with E-state index in [1.54, 1.807) is 0 Å². The highest BCUT2D eigenvalue weighted by molar-refractivity contribution is 6.30. The van der Waals surface area contributed by atoms with Gasteiger partial charge in [-0.2, -0.15) is 0 Å². The van der Waals surface area contributed by atoms with Crippen LogP contribution in [0.1, 0.15) is 25.5 Å². The van der Waals surface area contributed by atoms with Crippen LogP contribution < -0.4 is 16.0 Å². The number of anilines is 2. The highest BCUT2D eigenvalue weighted by atomic mass is 35.5. The van der Waals surface area contributed by atoms with Crippen molar-refractivity contribution in [1.29, 1.82) is 0 Å². The van der Waals surface area contributed by atoms with E-state index >= 15 is 0 Å². The van der Waals surface area contributed by atoms with Crippen LogP contribution in [0.3, 0.4) is 0 Å². The Morgan fingerprint density at radius 3 is 2.61 bits per heavy atom. The van der Waals surface area contributed by atoms with Crippen molar-refractivity contribution in [3.8, 4) is 0 Å². The molecular weight excluding hydrogens is 378 g/mol. The molecule has 0 bridgehead atoms. The van der Waals surface area contributed by atoms with Crippen LogP contribution in [0.5, 0.6) is 0 Å². The van der Waals surface area contributed by atoms with Crippen molar-refractivity contribution in [1.82, 2.24) is 19.5 Å². The predicted octanol–water partition coefficient (Wildman–Crippen LogP) is 2.43. The number of aromatic nitrogens is 4. The Labute approximate surface area is 169 Å². The van der Waals surface area contributed by atoms with E-state index in [1.165, 1.54) is 6.33 Å². The summed E-state index contributed by atoms with van der Waals surface area (Å²) >= 11 is 5.95. The van der Waals surface area contributed by atoms with Gasteiger partial charge in [-0.1, -0.05) is 23.7 Å². The van der Waals surface area contributed by atoms with Crippen LogP contribution >= 0.6 is 11.6 Å². The molecule has 1 aromatic carbocycles. The van der Waals surface area contributed by atoms with Crippen LogP contribution in [0, 0.1) is 0 Å². The first-order valence-electron chi connectivity index (χ1n) is 9.32. The Balaban J connectivity index is 1.98. The van der Waals surface area contributed by atoms with Gasteiger partial charge < -0.3 is 21.1 Å². The van der Waals surface area contributed by atoms with Gasteiger partial charge in [-0.15, -0.1) is 0 Å². The molecule has 3 aromatic rings. The number of benzene rings is 1. The molecule has 0 amide bonds. The van der Waals surface area contributed by atoms with E-state index in [0.717, 1.165) is 17.2 Å². The number of rotatable bonds is 9. The van der Waals surface area contributed by atoms with Gasteiger partial charge in [-0.3, -0.25) is 4.57 Å². The van der Waals surface area contributed by atoms with Crippen molar-refractivity contribution in [2.45, 2.75) is 26.4 Å². The number of hydrogen-bond acceptors (Lipinski definition) is 7. The normalized spacial score (nSPS) is 11.4. The summed E-state index contributed by atoms with van der Waals surface area (Å²) in [7, 11) is 0. The minimum absolute atomic E-state index is 0.0225. The maximum Gasteiger partial charge on any atom is 0.208 e. The lowest BCUT2D eigenvalue weighted by Crippen LogP contribution is -2.34. The zero-order valence-electron chi connectivity index (χ0n) is 16.1. The molecular formula is C19H26ClN7O. The number of aliphatic hydroxyl groups excluding tert-OH is 1. The van der Waals surface area contributed by atoms with E-state index in [-0.39, 0.29) is 12.6 Å². The average molecular weight is 404 g/mol. The molecule has 0 aliphatic heterocycles. The fraction of sp³-hybridized carbons (Fsp3) is 0.421. The molecule has 0 atom stereocenters. The summed E-state index contributed by atoms with van der Waals surface area (Å²) in [5.41, 5.74) is 8.29. The Kier molecular flexibility index (Phi) is 6.66. The summed E-state index contributed by atoms with van der Waals surface area (Å²) in [4.78, 5) is 15.6. The van der Waals surface area contributed by atoms with Crippen LogP contribution in [0.2, 0.25) is 5.02 Å². The summed E-state index contributed by atoms with van der Waals surface area (Å²) in [6.07, 6.45) is 1.54. The largest absolute Gasteiger partial charge is 0.395 e. The summed E-state index contributed by atoms with van der Waals surface area (Å²) in [5, 5.41) is 13.5. The number of fused-ring (bicyclic) bond motifs is 1. The molecule has 3 rings (SSSR count). The van der Waals surface area contributed by atoms with Gasteiger partial charge in [0.15, 0.2) is 17.0 Å². The van der Waals surface area contributed by atoms with Gasteiger partial charge in [-0.05, 0) is 31.5 Å². The number of aliphatic hydroxyl groups is 1. The first-order chi connectivity index (χ1) is 13.5. The van der Waals surface area contributed by atoms with Crippen LogP contribution in [-0.4, -0.2) is 50.9 Å². The monoisotopic (exact) mass is 403 g/mol. The van der Waals surface area contributed by atoms with Crippen molar-refractivity contribution in [3.63, 3.8) is 0 Å². The standard InChI is InChI=1S/C19H26ClN7O/c1-13(2)27-18-16(25-19(27)26(8-7-21)9-10-28)17(23-12-24-18)22-11-14-3-5-15(20)6-4-14/h3-6,12-13,28H,7-11,21H2,1-2H3,(H,22,23,24). The molecule has 2 heterocycles. The molecule has 0 aliphatic carbocycles. The summed E-state index contributed by atoms with van der Waals surface area (Å²) < 4.78 is 2.05. The Morgan fingerprint density at radius 2 is 1.96 bits per heavy atom. The fourth-order valence-electron chi connectivity index (χ4n) is 3.10. The lowest BCUT2D eigenvalue weighted by atomic mass is 10.2. The molecule has 28 heavy (non-hydrogen) atoms. The average Bonchev–Trinajstić information content (AvgIpc) is 3.07. The van der Waals surface area contributed by atoms with E-state index < -0.39 is 0 Å². The third kappa shape index (κ3) is 4.35.